The average Bonchev–Trinajstić information content (AvgIpc) is 2.87. The maximum absolute atomic E-state index is 11.5. The Morgan fingerprint density at radius 2 is 2.19 bits per heavy atom. The van der Waals surface area contributed by atoms with Crippen LogP contribution in [0.1, 0.15) is 11.3 Å². The molecular formula is C12H10ClN2O3S3-. The summed E-state index contributed by atoms with van der Waals surface area (Å²) in [5.74, 6) is 0.697. The molecule has 112 valence electrons. The number of halogens is 1. The monoisotopic (exact) mass is 361 g/mol. The molecule has 3 N–H and O–H groups in total. The first-order chi connectivity index (χ1) is 9.79. The number of benzene rings is 1. The summed E-state index contributed by atoms with van der Waals surface area (Å²) >= 11 is 15.9. The van der Waals surface area contributed by atoms with E-state index in [0.29, 0.717) is 23.6 Å². The minimum atomic E-state index is -3.95. The minimum Gasteiger partial charge on any atom is -0.467 e. The summed E-state index contributed by atoms with van der Waals surface area (Å²) in [6.45, 7) is 0.378. The van der Waals surface area contributed by atoms with Crippen molar-refractivity contribution in [2.75, 3.05) is 5.32 Å². The lowest BCUT2D eigenvalue weighted by Crippen LogP contribution is -2.14. The van der Waals surface area contributed by atoms with Crippen LogP contribution < -0.4 is 10.5 Å². The number of nitrogens with two attached hydrogens (primary N) is 1. The van der Waals surface area contributed by atoms with E-state index in [1.54, 1.807) is 18.4 Å². The molecule has 0 radical (unpaired) electrons. The van der Waals surface area contributed by atoms with Crippen molar-refractivity contribution in [2.45, 2.75) is 11.4 Å². The van der Waals surface area contributed by atoms with Crippen LogP contribution in [-0.4, -0.2) is 12.6 Å². The van der Waals surface area contributed by atoms with Crippen molar-refractivity contribution in [1.29, 1.82) is 0 Å². The number of anilines is 1. The Bertz CT molecular complexity index is 773. The summed E-state index contributed by atoms with van der Waals surface area (Å²) < 4.78 is 28.2. The maximum Gasteiger partial charge on any atom is 0.239 e. The van der Waals surface area contributed by atoms with Gasteiger partial charge in [-0.25, -0.2) is 13.6 Å². The molecule has 1 aromatic heterocycles. The van der Waals surface area contributed by atoms with Crippen molar-refractivity contribution in [2.24, 2.45) is 5.14 Å². The van der Waals surface area contributed by atoms with Gasteiger partial charge < -0.3 is 34.6 Å². The lowest BCUT2D eigenvalue weighted by molar-refractivity contribution is 0.518. The van der Waals surface area contributed by atoms with Crippen LogP contribution in [0, 0.1) is 0 Å². The van der Waals surface area contributed by atoms with E-state index in [1.807, 2.05) is 0 Å². The lowest BCUT2D eigenvalue weighted by Gasteiger charge is -2.16. The predicted octanol–water partition coefficient (Wildman–Crippen LogP) is 2.41. The van der Waals surface area contributed by atoms with Crippen molar-refractivity contribution in [3.63, 3.8) is 0 Å². The molecule has 0 aliphatic rings. The molecule has 0 aliphatic carbocycles. The Morgan fingerprint density at radius 1 is 1.48 bits per heavy atom. The zero-order valence-corrected chi connectivity index (χ0v) is 13.7. The van der Waals surface area contributed by atoms with Crippen LogP contribution in [0.4, 0.5) is 5.69 Å². The van der Waals surface area contributed by atoms with E-state index in [1.165, 1.54) is 12.1 Å². The number of primary sulfonamides is 1. The second kappa shape index (κ2) is 6.29. The van der Waals surface area contributed by atoms with Crippen molar-refractivity contribution in [3.8, 4) is 0 Å². The van der Waals surface area contributed by atoms with E-state index in [-0.39, 0.29) is 14.1 Å². The van der Waals surface area contributed by atoms with Crippen LogP contribution in [0.15, 0.2) is 39.8 Å². The zero-order valence-electron chi connectivity index (χ0n) is 10.5. The molecule has 0 bridgehead atoms. The quantitative estimate of drug-likeness (QED) is 0.628. The molecule has 21 heavy (non-hydrogen) atoms. The number of hydrogen-bond acceptors (Lipinski definition) is 6. The number of hydrogen-bond donors (Lipinski definition) is 2. The van der Waals surface area contributed by atoms with Gasteiger partial charge >= 0.3 is 0 Å². The normalized spacial score (nSPS) is 11.3. The Balaban J connectivity index is 2.41. The minimum absolute atomic E-state index is 0.00514. The predicted molar refractivity (Wildman–Crippen MR) is 87.9 cm³/mol. The first kappa shape index (κ1) is 16.2. The Kier molecular flexibility index (Phi) is 4.84. The van der Waals surface area contributed by atoms with Crippen molar-refractivity contribution in [1.82, 2.24) is 0 Å². The molecule has 9 heteroatoms. The van der Waals surface area contributed by atoms with Gasteiger partial charge in [-0.05, 0) is 29.8 Å². The standard InChI is InChI=1S/C12H11ClN2O3S3/c13-9-5-10(15-6-7-2-1-3-18-7)8(12(19)20)4-11(9)21(14,16)17/h1-5,15H,6H2,(H,19,20)(H2,14,16,17)/p-1. The molecule has 5 nitrogen and oxygen atoms in total. The van der Waals surface area contributed by atoms with E-state index in [4.69, 9.17) is 46.0 Å². The first-order valence-electron chi connectivity index (χ1n) is 5.63. The number of rotatable bonds is 5. The van der Waals surface area contributed by atoms with Gasteiger partial charge in [0.05, 0.1) is 17.8 Å². The number of nitrogens with one attached hydrogen (secondary N) is 1. The third kappa shape index (κ3) is 3.92. The molecular weight excluding hydrogens is 352 g/mol. The van der Waals surface area contributed by atoms with Gasteiger partial charge in [0.25, 0.3) is 0 Å². The fourth-order valence-electron chi connectivity index (χ4n) is 1.68. The van der Waals surface area contributed by atoms with Crippen molar-refractivity contribution >= 4 is 56.4 Å². The molecule has 2 aromatic rings. The van der Waals surface area contributed by atoms with Gasteiger partial charge in [0.15, 0.2) is 0 Å². The Morgan fingerprint density at radius 3 is 2.71 bits per heavy atom. The molecule has 1 aromatic carbocycles. The SMILES string of the molecule is NS(=O)(=O)c1cc(C(=S)[S-])c(NCc2ccco2)cc1Cl. The van der Waals surface area contributed by atoms with E-state index < -0.39 is 10.0 Å². The molecule has 0 spiro atoms. The second-order valence-electron chi connectivity index (χ2n) is 4.09. The summed E-state index contributed by atoms with van der Waals surface area (Å²) in [5.41, 5.74) is 0.892. The van der Waals surface area contributed by atoms with E-state index in [2.05, 4.69) is 5.32 Å². The third-order valence-corrected chi connectivity index (χ3v) is 4.45. The average molecular weight is 362 g/mol. The fraction of sp³-hybridized carbons (Fsp3) is 0.0833. The van der Waals surface area contributed by atoms with Gasteiger partial charge in [-0.15, -0.1) is 4.20 Å². The van der Waals surface area contributed by atoms with Gasteiger partial charge in [0.2, 0.25) is 10.0 Å². The van der Waals surface area contributed by atoms with E-state index in [9.17, 15) is 8.42 Å². The summed E-state index contributed by atoms with van der Waals surface area (Å²) in [6.07, 6.45) is 1.55. The summed E-state index contributed by atoms with van der Waals surface area (Å²) in [5, 5.41) is 8.15. The van der Waals surface area contributed by atoms with E-state index in [0.717, 1.165) is 0 Å². The van der Waals surface area contributed by atoms with Gasteiger partial charge in [-0.2, -0.15) is 0 Å². The molecule has 1 heterocycles. The number of thiocarbonyl (C=S) groups is 1. The van der Waals surface area contributed by atoms with Crippen LogP contribution in [-0.2, 0) is 29.2 Å². The Labute approximate surface area is 137 Å². The van der Waals surface area contributed by atoms with Gasteiger partial charge in [-0.3, -0.25) is 0 Å². The smallest absolute Gasteiger partial charge is 0.239 e. The Hall–Kier alpha value is -1.19. The molecule has 0 saturated heterocycles. The second-order valence-corrected chi connectivity index (χ2v) is 7.11. The molecule has 2 rings (SSSR count). The van der Waals surface area contributed by atoms with Gasteiger partial charge in [0, 0.05) is 5.69 Å². The molecule has 0 atom stereocenters. The first-order valence-corrected chi connectivity index (χ1v) is 8.37. The summed E-state index contributed by atoms with van der Waals surface area (Å²) in [4.78, 5) is -0.213. The van der Waals surface area contributed by atoms with Crippen molar-refractivity contribution in [3.05, 3.63) is 46.9 Å². The maximum atomic E-state index is 11.5. The van der Waals surface area contributed by atoms with Gasteiger partial charge in [0.1, 0.15) is 10.7 Å². The molecule has 0 amide bonds. The van der Waals surface area contributed by atoms with Crippen LogP contribution in [0.5, 0.6) is 0 Å². The molecule has 0 unspecified atom stereocenters. The molecule has 0 aliphatic heterocycles. The number of sulfonamides is 1. The van der Waals surface area contributed by atoms with Crippen LogP contribution in [0.3, 0.4) is 0 Å². The number of furan rings is 1. The summed E-state index contributed by atoms with van der Waals surface area (Å²) in [7, 11) is -3.95. The molecule has 0 saturated carbocycles. The lowest BCUT2D eigenvalue weighted by atomic mass is 10.2. The van der Waals surface area contributed by atoms with Crippen molar-refractivity contribution < 1.29 is 12.8 Å². The van der Waals surface area contributed by atoms with Crippen LogP contribution in [0.2, 0.25) is 5.02 Å². The highest BCUT2D eigenvalue weighted by Gasteiger charge is 2.16. The molecule has 0 fully saturated rings. The van der Waals surface area contributed by atoms with Crippen LogP contribution >= 0.6 is 23.8 Å². The highest BCUT2D eigenvalue weighted by Crippen LogP contribution is 2.29. The van der Waals surface area contributed by atoms with Gasteiger partial charge in [-0.1, -0.05) is 11.6 Å². The summed E-state index contributed by atoms with van der Waals surface area (Å²) in [6, 6.07) is 6.25. The largest absolute Gasteiger partial charge is 0.467 e. The topological polar surface area (TPSA) is 85.3 Å². The third-order valence-electron chi connectivity index (χ3n) is 2.63. The highest BCUT2D eigenvalue weighted by atomic mass is 35.5. The fourth-order valence-corrected chi connectivity index (χ4v) is 3.12. The van der Waals surface area contributed by atoms with E-state index >= 15 is 0 Å². The van der Waals surface area contributed by atoms with Crippen LogP contribution in [0.25, 0.3) is 0 Å². The highest BCUT2D eigenvalue weighted by molar-refractivity contribution is 8.01. The zero-order chi connectivity index (χ0) is 15.6.